The molecule has 2 heterocycles. The predicted molar refractivity (Wildman–Crippen MR) is 81.0 cm³/mol. The highest BCUT2D eigenvalue weighted by molar-refractivity contribution is 5.82. The first-order valence-electron chi connectivity index (χ1n) is 6.56. The first-order valence-corrected chi connectivity index (χ1v) is 6.56. The van der Waals surface area contributed by atoms with Crippen LogP contribution in [0.1, 0.15) is 0 Å². The second-order valence-corrected chi connectivity index (χ2v) is 4.73. The van der Waals surface area contributed by atoms with Crippen LogP contribution in [-0.2, 0) is 0 Å². The summed E-state index contributed by atoms with van der Waals surface area (Å²) in [5, 5.41) is 0.863. The molecule has 2 aromatic carbocycles. The first-order chi connectivity index (χ1) is 10.3. The molecule has 0 atom stereocenters. The summed E-state index contributed by atoms with van der Waals surface area (Å²) >= 11 is 0. The Kier molecular flexibility index (Phi) is 2.54. The predicted octanol–water partition coefficient (Wildman–Crippen LogP) is 3.40. The maximum Gasteiger partial charge on any atom is 0.345 e. The molecule has 0 radical (unpaired) electrons. The third-order valence-corrected chi connectivity index (χ3v) is 3.37. The van der Waals surface area contributed by atoms with Crippen molar-refractivity contribution < 1.29 is 4.42 Å². The van der Waals surface area contributed by atoms with E-state index in [9.17, 15) is 4.79 Å². The Hall–Kier alpha value is -3.01. The lowest BCUT2D eigenvalue weighted by Crippen LogP contribution is -2.04. The fourth-order valence-corrected chi connectivity index (χ4v) is 2.33. The number of hydrogen-bond donors (Lipinski definition) is 0. The Morgan fingerprint density at radius 1 is 0.905 bits per heavy atom. The molecule has 4 aromatic rings. The van der Waals surface area contributed by atoms with Crippen LogP contribution in [0.5, 0.6) is 0 Å². The van der Waals surface area contributed by atoms with Gasteiger partial charge in [-0.1, -0.05) is 30.3 Å². The summed E-state index contributed by atoms with van der Waals surface area (Å²) in [7, 11) is 0. The summed E-state index contributed by atoms with van der Waals surface area (Å²) in [5.74, 6) is 0. The van der Waals surface area contributed by atoms with Gasteiger partial charge in [0.1, 0.15) is 5.58 Å². The molecule has 0 saturated carbocycles. The highest BCUT2D eigenvalue weighted by Crippen LogP contribution is 2.20. The van der Waals surface area contributed by atoms with Crippen molar-refractivity contribution >= 4 is 22.0 Å². The molecule has 2 aromatic heterocycles. The van der Waals surface area contributed by atoms with Gasteiger partial charge in [0.05, 0.1) is 28.5 Å². The minimum atomic E-state index is -0.404. The third kappa shape index (κ3) is 1.97. The number of rotatable bonds is 1. The summed E-state index contributed by atoms with van der Waals surface area (Å²) in [6.45, 7) is 0. The Labute approximate surface area is 119 Å². The molecule has 4 heteroatoms. The second-order valence-electron chi connectivity index (χ2n) is 4.73. The van der Waals surface area contributed by atoms with Crippen LogP contribution in [-0.4, -0.2) is 9.97 Å². The summed E-state index contributed by atoms with van der Waals surface area (Å²) < 4.78 is 5.34. The molecular weight excluding hydrogens is 264 g/mol. The van der Waals surface area contributed by atoms with Gasteiger partial charge in [0, 0.05) is 5.39 Å². The minimum Gasteiger partial charge on any atom is -0.422 e. The van der Waals surface area contributed by atoms with Crippen molar-refractivity contribution in [1.29, 1.82) is 0 Å². The van der Waals surface area contributed by atoms with Crippen LogP contribution < -0.4 is 5.63 Å². The van der Waals surface area contributed by atoms with E-state index in [0.717, 1.165) is 16.4 Å². The number of nitrogens with zero attached hydrogens (tertiary/aromatic N) is 2. The van der Waals surface area contributed by atoms with E-state index in [4.69, 9.17) is 4.42 Å². The molecule has 0 N–H and O–H groups in total. The van der Waals surface area contributed by atoms with Gasteiger partial charge in [-0.25, -0.2) is 9.78 Å². The number of para-hydroxylation sites is 3. The standard InChI is InChI=1S/C17H10N2O2/c20-17-12(9-11-5-1-4-8-16(11)21-17)15-10-18-13-6-2-3-7-14(13)19-15/h1-10H. The molecule has 21 heavy (non-hydrogen) atoms. The van der Waals surface area contributed by atoms with Gasteiger partial charge in [-0.05, 0) is 24.3 Å². The van der Waals surface area contributed by atoms with Crippen LogP contribution in [0.4, 0.5) is 0 Å². The molecule has 0 spiro atoms. The summed E-state index contributed by atoms with van der Waals surface area (Å²) in [5.41, 5.74) is 2.66. The van der Waals surface area contributed by atoms with Gasteiger partial charge in [0.2, 0.25) is 0 Å². The number of aromatic nitrogens is 2. The molecule has 0 aliphatic rings. The lowest BCUT2D eigenvalue weighted by Gasteiger charge is -2.03. The van der Waals surface area contributed by atoms with Crippen LogP contribution >= 0.6 is 0 Å². The fourth-order valence-electron chi connectivity index (χ4n) is 2.33. The molecule has 0 fully saturated rings. The monoisotopic (exact) mass is 274 g/mol. The van der Waals surface area contributed by atoms with Crippen molar-refractivity contribution in [2.24, 2.45) is 0 Å². The maximum atomic E-state index is 12.1. The van der Waals surface area contributed by atoms with Gasteiger partial charge in [-0.2, -0.15) is 0 Å². The van der Waals surface area contributed by atoms with E-state index in [0.29, 0.717) is 16.8 Å². The number of benzene rings is 2. The number of hydrogen-bond acceptors (Lipinski definition) is 4. The smallest absolute Gasteiger partial charge is 0.345 e. The molecule has 0 aliphatic heterocycles. The Morgan fingerprint density at radius 3 is 2.57 bits per heavy atom. The van der Waals surface area contributed by atoms with E-state index >= 15 is 0 Å². The molecule has 100 valence electrons. The molecule has 4 rings (SSSR count). The lowest BCUT2D eigenvalue weighted by molar-refractivity contribution is 0.563. The van der Waals surface area contributed by atoms with E-state index in [-0.39, 0.29) is 0 Å². The van der Waals surface area contributed by atoms with Gasteiger partial charge >= 0.3 is 5.63 Å². The van der Waals surface area contributed by atoms with E-state index < -0.39 is 5.63 Å². The summed E-state index contributed by atoms with van der Waals surface area (Å²) in [6.07, 6.45) is 1.60. The first kappa shape index (κ1) is 11.8. The minimum absolute atomic E-state index is 0.404. The van der Waals surface area contributed by atoms with E-state index in [1.807, 2.05) is 42.5 Å². The SMILES string of the molecule is O=c1oc2ccccc2cc1-c1cnc2ccccc2n1. The fraction of sp³-hybridized carbons (Fsp3) is 0. The van der Waals surface area contributed by atoms with Gasteiger partial charge in [-0.15, -0.1) is 0 Å². The van der Waals surface area contributed by atoms with Gasteiger partial charge in [-0.3, -0.25) is 4.98 Å². The van der Waals surface area contributed by atoms with Gasteiger partial charge < -0.3 is 4.42 Å². The van der Waals surface area contributed by atoms with Crippen molar-refractivity contribution in [3.05, 3.63) is 71.2 Å². The highest BCUT2D eigenvalue weighted by atomic mass is 16.4. The molecule has 0 saturated heterocycles. The lowest BCUT2D eigenvalue weighted by atomic mass is 10.1. The quantitative estimate of drug-likeness (QED) is 0.499. The molecule has 4 nitrogen and oxygen atoms in total. The van der Waals surface area contributed by atoms with Crippen LogP contribution in [0, 0.1) is 0 Å². The van der Waals surface area contributed by atoms with Crippen molar-refractivity contribution in [3.8, 4) is 11.3 Å². The summed E-state index contributed by atoms with van der Waals surface area (Å²) in [6, 6.07) is 16.7. The van der Waals surface area contributed by atoms with Crippen molar-refractivity contribution in [3.63, 3.8) is 0 Å². The molecule has 0 bridgehead atoms. The molecule has 0 amide bonds. The van der Waals surface area contributed by atoms with Crippen LogP contribution in [0.2, 0.25) is 0 Å². The molecule has 0 aliphatic carbocycles. The van der Waals surface area contributed by atoms with Gasteiger partial charge in [0.25, 0.3) is 0 Å². The second kappa shape index (κ2) is 4.52. The van der Waals surface area contributed by atoms with Gasteiger partial charge in [0.15, 0.2) is 0 Å². The van der Waals surface area contributed by atoms with E-state index in [2.05, 4.69) is 9.97 Å². The van der Waals surface area contributed by atoms with Crippen molar-refractivity contribution in [1.82, 2.24) is 9.97 Å². The normalized spacial score (nSPS) is 11.0. The summed E-state index contributed by atoms with van der Waals surface area (Å²) in [4.78, 5) is 21.0. The Balaban J connectivity index is 1.99. The van der Waals surface area contributed by atoms with Crippen LogP contribution in [0.25, 0.3) is 33.3 Å². The Bertz CT molecular complexity index is 1020. The maximum absolute atomic E-state index is 12.1. The molecular formula is C17H10N2O2. The Morgan fingerprint density at radius 2 is 1.67 bits per heavy atom. The van der Waals surface area contributed by atoms with E-state index in [1.165, 1.54) is 0 Å². The molecule has 0 unspecified atom stereocenters. The van der Waals surface area contributed by atoms with Crippen molar-refractivity contribution in [2.75, 3.05) is 0 Å². The zero-order valence-corrected chi connectivity index (χ0v) is 11.0. The average molecular weight is 274 g/mol. The third-order valence-electron chi connectivity index (χ3n) is 3.37. The largest absolute Gasteiger partial charge is 0.422 e. The topological polar surface area (TPSA) is 56.0 Å². The van der Waals surface area contributed by atoms with Crippen molar-refractivity contribution in [2.45, 2.75) is 0 Å². The number of fused-ring (bicyclic) bond motifs is 2. The zero-order chi connectivity index (χ0) is 14.2. The van der Waals surface area contributed by atoms with Crippen LogP contribution in [0.3, 0.4) is 0 Å². The van der Waals surface area contributed by atoms with Crippen LogP contribution in [0.15, 0.2) is 70.0 Å². The zero-order valence-electron chi connectivity index (χ0n) is 11.0. The highest BCUT2D eigenvalue weighted by Gasteiger charge is 2.10. The average Bonchev–Trinajstić information content (AvgIpc) is 2.54. The van der Waals surface area contributed by atoms with E-state index in [1.54, 1.807) is 18.3 Å².